The molecule has 1 aliphatic rings. The molecule has 1 heterocycles. The fraction of sp³-hybridized carbons (Fsp3) is 0.462. The zero-order valence-corrected chi connectivity index (χ0v) is 11.0. The van der Waals surface area contributed by atoms with Gasteiger partial charge in [-0.15, -0.1) is 0 Å². The third kappa shape index (κ3) is 3.00. The van der Waals surface area contributed by atoms with Gasteiger partial charge >= 0.3 is 0 Å². The highest BCUT2D eigenvalue weighted by Crippen LogP contribution is 2.30. The molecular formula is C13H17FN2S. The number of rotatable bonds is 2. The van der Waals surface area contributed by atoms with Crippen LogP contribution in [0.3, 0.4) is 0 Å². The molecule has 1 atom stereocenters. The Bertz CT molecular complexity index is 433. The largest absolute Gasteiger partial charge is 0.333 e. The molecule has 0 radical (unpaired) electrons. The first kappa shape index (κ1) is 12.4. The Morgan fingerprint density at radius 3 is 2.94 bits per heavy atom. The normalized spacial score (nSPS) is 24.3. The molecule has 0 fully saturated rings. The maximum atomic E-state index is 13.5. The molecule has 2 nitrogen and oxygen atoms in total. The van der Waals surface area contributed by atoms with E-state index in [1.54, 1.807) is 23.9 Å². The van der Waals surface area contributed by atoms with Crippen molar-refractivity contribution in [3.05, 3.63) is 30.1 Å². The van der Waals surface area contributed by atoms with E-state index in [0.29, 0.717) is 5.69 Å². The van der Waals surface area contributed by atoms with Gasteiger partial charge in [0.15, 0.2) is 5.17 Å². The summed E-state index contributed by atoms with van der Waals surface area (Å²) < 4.78 is 13.5. The second kappa shape index (κ2) is 5.08. The standard InChI is InChI=1S/C13H17FN2S/c1-3-13(2)8-9-17-12(16-13)15-11-7-5-4-6-10(11)14/h4-7H,3,8-9H2,1-2H3,(H,15,16). The van der Waals surface area contributed by atoms with Crippen LogP contribution in [-0.2, 0) is 0 Å². The second-order valence-electron chi connectivity index (χ2n) is 4.47. The first-order valence-electron chi connectivity index (χ1n) is 5.87. The van der Waals surface area contributed by atoms with Gasteiger partial charge in [0.05, 0.1) is 11.2 Å². The van der Waals surface area contributed by atoms with Crippen LogP contribution in [0, 0.1) is 5.82 Å². The number of para-hydroxylation sites is 1. The maximum Gasteiger partial charge on any atom is 0.161 e. The molecule has 92 valence electrons. The third-order valence-corrected chi connectivity index (χ3v) is 4.00. The quantitative estimate of drug-likeness (QED) is 0.863. The minimum Gasteiger partial charge on any atom is -0.333 e. The number of thioether (sulfide) groups is 1. The monoisotopic (exact) mass is 252 g/mol. The molecule has 17 heavy (non-hydrogen) atoms. The minimum atomic E-state index is -0.237. The van der Waals surface area contributed by atoms with Crippen LogP contribution in [0.15, 0.2) is 29.3 Å². The average Bonchev–Trinajstić information content (AvgIpc) is 2.32. The van der Waals surface area contributed by atoms with Crippen molar-refractivity contribution in [2.24, 2.45) is 4.99 Å². The summed E-state index contributed by atoms with van der Waals surface area (Å²) in [6.45, 7) is 4.29. The Labute approximate surface area is 106 Å². The smallest absolute Gasteiger partial charge is 0.161 e. The highest BCUT2D eigenvalue weighted by Gasteiger charge is 2.26. The maximum absolute atomic E-state index is 13.5. The van der Waals surface area contributed by atoms with E-state index in [1.165, 1.54) is 6.07 Å². The number of benzene rings is 1. The number of nitrogens with zero attached hydrogens (tertiary/aromatic N) is 1. The predicted molar refractivity (Wildman–Crippen MR) is 73.2 cm³/mol. The SMILES string of the molecule is CCC1(C)CCSC(Nc2ccccc2F)=N1. The summed E-state index contributed by atoms with van der Waals surface area (Å²) in [5.41, 5.74) is 0.498. The molecule has 1 N–H and O–H groups in total. The van der Waals surface area contributed by atoms with Crippen molar-refractivity contribution >= 4 is 22.6 Å². The number of hydrogen-bond acceptors (Lipinski definition) is 3. The summed E-state index contributed by atoms with van der Waals surface area (Å²) in [6, 6.07) is 6.69. The molecule has 2 rings (SSSR count). The molecule has 0 spiro atoms. The van der Waals surface area contributed by atoms with Gasteiger partial charge in [-0.1, -0.05) is 30.8 Å². The topological polar surface area (TPSA) is 24.4 Å². The number of amidine groups is 1. The summed E-state index contributed by atoms with van der Waals surface area (Å²) in [5, 5.41) is 3.90. The Kier molecular flexibility index (Phi) is 3.72. The molecule has 0 saturated heterocycles. The molecule has 1 aliphatic heterocycles. The number of halogens is 1. The van der Waals surface area contributed by atoms with Gasteiger partial charge < -0.3 is 5.32 Å². The number of anilines is 1. The van der Waals surface area contributed by atoms with Crippen LogP contribution in [0.2, 0.25) is 0 Å². The van der Waals surface area contributed by atoms with Gasteiger partial charge in [0, 0.05) is 5.75 Å². The lowest BCUT2D eigenvalue weighted by atomic mass is 9.97. The molecule has 0 bridgehead atoms. The molecule has 1 aromatic rings. The Morgan fingerprint density at radius 1 is 1.47 bits per heavy atom. The molecule has 0 amide bonds. The van der Waals surface area contributed by atoms with E-state index < -0.39 is 0 Å². The Balaban J connectivity index is 2.17. The van der Waals surface area contributed by atoms with Gasteiger partial charge in [-0.2, -0.15) is 0 Å². The van der Waals surface area contributed by atoms with Crippen molar-refractivity contribution in [2.75, 3.05) is 11.1 Å². The lowest BCUT2D eigenvalue weighted by Crippen LogP contribution is -2.29. The van der Waals surface area contributed by atoms with Gasteiger partial charge in [0.2, 0.25) is 0 Å². The van der Waals surface area contributed by atoms with Crippen molar-refractivity contribution in [3.63, 3.8) is 0 Å². The Morgan fingerprint density at radius 2 is 2.24 bits per heavy atom. The van der Waals surface area contributed by atoms with Crippen LogP contribution in [0.25, 0.3) is 0 Å². The molecule has 1 aromatic carbocycles. The van der Waals surface area contributed by atoms with Crippen molar-refractivity contribution in [2.45, 2.75) is 32.2 Å². The fourth-order valence-corrected chi connectivity index (χ4v) is 2.90. The van der Waals surface area contributed by atoms with Gasteiger partial charge in [-0.25, -0.2) is 4.39 Å². The van der Waals surface area contributed by atoms with Crippen molar-refractivity contribution in [1.82, 2.24) is 0 Å². The van der Waals surface area contributed by atoms with E-state index in [-0.39, 0.29) is 11.4 Å². The fourth-order valence-electron chi connectivity index (χ4n) is 1.70. The molecule has 0 aliphatic carbocycles. The highest BCUT2D eigenvalue weighted by atomic mass is 32.2. The third-order valence-electron chi connectivity index (χ3n) is 3.13. The lowest BCUT2D eigenvalue weighted by Gasteiger charge is -2.29. The zero-order valence-electron chi connectivity index (χ0n) is 10.2. The minimum absolute atomic E-state index is 0.00115. The first-order chi connectivity index (χ1) is 8.13. The van der Waals surface area contributed by atoms with Crippen LogP contribution < -0.4 is 5.32 Å². The van der Waals surface area contributed by atoms with E-state index >= 15 is 0 Å². The van der Waals surface area contributed by atoms with Gasteiger partial charge in [-0.3, -0.25) is 4.99 Å². The van der Waals surface area contributed by atoms with E-state index in [4.69, 9.17) is 0 Å². The molecule has 4 heteroatoms. The lowest BCUT2D eigenvalue weighted by molar-refractivity contribution is 0.443. The number of aliphatic imine (C=N–C) groups is 1. The van der Waals surface area contributed by atoms with Crippen LogP contribution >= 0.6 is 11.8 Å². The molecular weight excluding hydrogens is 235 g/mol. The second-order valence-corrected chi connectivity index (χ2v) is 5.55. The summed E-state index contributed by atoms with van der Waals surface area (Å²) in [6.07, 6.45) is 2.09. The van der Waals surface area contributed by atoms with E-state index in [2.05, 4.69) is 24.2 Å². The Hall–Kier alpha value is -1.03. The van der Waals surface area contributed by atoms with Gasteiger partial charge in [0.25, 0.3) is 0 Å². The number of nitrogens with one attached hydrogen (secondary N) is 1. The summed E-state index contributed by atoms with van der Waals surface area (Å²) in [5.74, 6) is 0.796. The van der Waals surface area contributed by atoms with Gasteiger partial charge in [0.1, 0.15) is 5.82 Å². The van der Waals surface area contributed by atoms with Crippen LogP contribution in [-0.4, -0.2) is 16.5 Å². The highest BCUT2D eigenvalue weighted by molar-refractivity contribution is 8.14. The predicted octanol–water partition coefficient (Wildman–Crippen LogP) is 3.90. The van der Waals surface area contributed by atoms with Crippen LogP contribution in [0.5, 0.6) is 0 Å². The van der Waals surface area contributed by atoms with Crippen molar-refractivity contribution < 1.29 is 4.39 Å². The average molecular weight is 252 g/mol. The van der Waals surface area contributed by atoms with Crippen LogP contribution in [0.1, 0.15) is 26.7 Å². The van der Waals surface area contributed by atoms with E-state index in [9.17, 15) is 4.39 Å². The molecule has 0 saturated carbocycles. The number of hydrogen-bond donors (Lipinski definition) is 1. The van der Waals surface area contributed by atoms with Crippen molar-refractivity contribution in [1.29, 1.82) is 0 Å². The van der Waals surface area contributed by atoms with Gasteiger partial charge in [-0.05, 0) is 31.9 Å². The van der Waals surface area contributed by atoms with E-state index in [1.807, 2.05) is 6.07 Å². The zero-order chi connectivity index (χ0) is 12.3. The summed E-state index contributed by atoms with van der Waals surface area (Å²) in [7, 11) is 0. The van der Waals surface area contributed by atoms with Crippen molar-refractivity contribution in [3.8, 4) is 0 Å². The summed E-state index contributed by atoms with van der Waals surface area (Å²) >= 11 is 1.66. The molecule has 1 unspecified atom stereocenters. The summed E-state index contributed by atoms with van der Waals surface area (Å²) in [4.78, 5) is 4.67. The molecule has 0 aromatic heterocycles. The van der Waals surface area contributed by atoms with Crippen LogP contribution in [0.4, 0.5) is 10.1 Å². The first-order valence-corrected chi connectivity index (χ1v) is 6.86. The van der Waals surface area contributed by atoms with E-state index in [0.717, 1.165) is 23.8 Å².